The van der Waals surface area contributed by atoms with Crippen LogP contribution < -0.4 is 0 Å². The van der Waals surface area contributed by atoms with Gasteiger partial charge >= 0.3 is 0 Å². The van der Waals surface area contributed by atoms with Crippen molar-refractivity contribution in [2.75, 3.05) is 0 Å². The fourth-order valence-corrected chi connectivity index (χ4v) is 1.64. The van der Waals surface area contributed by atoms with Crippen LogP contribution in [-0.2, 0) is 13.5 Å². The molecule has 0 saturated heterocycles. The van der Waals surface area contributed by atoms with E-state index in [2.05, 4.69) is 9.97 Å². The number of nitrogens with zero attached hydrogens (tertiary/aromatic N) is 3. The molecule has 5 heteroatoms. The monoisotopic (exact) mass is 249 g/mol. The lowest BCUT2D eigenvalue weighted by atomic mass is 10.1. The largest absolute Gasteiger partial charge is 0.338 e. The van der Waals surface area contributed by atoms with Crippen molar-refractivity contribution in [3.8, 4) is 0 Å². The zero-order chi connectivity index (χ0) is 12.3. The van der Waals surface area contributed by atoms with Crippen LogP contribution in [0.4, 0.5) is 0 Å². The number of aryl methyl sites for hydroxylation is 2. The standard InChI is InChI=1S/C12H12ClN3O/c1-16-7-6-14-12(16)5-4-11(17)10-3-2-9(13)8-15-10/h2-3,6-8H,4-5H2,1H3. The van der Waals surface area contributed by atoms with Gasteiger partial charge in [-0.3, -0.25) is 9.78 Å². The molecule has 17 heavy (non-hydrogen) atoms. The highest BCUT2D eigenvalue weighted by Crippen LogP contribution is 2.09. The summed E-state index contributed by atoms with van der Waals surface area (Å²) in [5, 5.41) is 0.533. The first-order valence-corrected chi connectivity index (χ1v) is 5.65. The Morgan fingerprint density at radius 1 is 1.41 bits per heavy atom. The summed E-state index contributed by atoms with van der Waals surface area (Å²) in [6, 6.07) is 3.31. The minimum atomic E-state index is 0.00432. The van der Waals surface area contributed by atoms with Gasteiger partial charge in [-0.05, 0) is 12.1 Å². The van der Waals surface area contributed by atoms with Crippen LogP contribution in [0.2, 0.25) is 5.02 Å². The fourth-order valence-electron chi connectivity index (χ4n) is 1.53. The maximum absolute atomic E-state index is 11.8. The number of aromatic nitrogens is 3. The summed E-state index contributed by atoms with van der Waals surface area (Å²) < 4.78 is 1.91. The van der Waals surface area contributed by atoms with E-state index in [0.29, 0.717) is 23.6 Å². The molecule has 88 valence electrons. The van der Waals surface area contributed by atoms with E-state index in [0.717, 1.165) is 5.82 Å². The number of rotatable bonds is 4. The molecule has 0 atom stereocenters. The lowest BCUT2D eigenvalue weighted by Crippen LogP contribution is -2.06. The number of carbonyl (C=O) groups is 1. The molecular formula is C12H12ClN3O. The minimum absolute atomic E-state index is 0.00432. The smallest absolute Gasteiger partial charge is 0.181 e. The van der Waals surface area contributed by atoms with Gasteiger partial charge in [0, 0.05) is 38.5 Å². The molecule has 0 aliphatic carbocycles. The fraction of sp³-hybridized carbons (Fsp3) is 0.250. The van der Waals surface area contributed by atoms with Gasteiger partial charge in [-0.2, -0.15) is 0 Å². The highest BCUT2D eigenvalue weighted by molar-refractivity contribution is 6.30. The van der Waals surface area contributed by atoms with E-state index in [1.165, 1.54) is 6.20 Å². The Morgan fingerprint density at radius 2 is 2.24 bits per heavy atom. The molecule has 4 nitrogen and oxygen atoms in total. The highest BCUT2D eigenvalue weighted by atomic mass is 35.5. The van der Waals surface area contributed by atoms with E-state index in [1.807, 2.05) is 17.8 Å². The SMILES string of the molecule is Cn1ccnc1CCC(=O)c1ccc(Cl)cn1. The van der Waals surface area contributed by atoms with Gasteiger partial charge in [-0.25, -0.2) is 4.98 Å². The van der Waals surface area contributed by atoms with Crippen molar-refractivity contribution in [2.45, 2.75) is 12.8 Å². The maximum Gasteiger partial charge on any atom is 0.181 e. The number of pyridine rings is 1. The Labute approximate surface area is 104 Å². The molecule has 0 N–H and O–H groups in total. The van der Waals surface area contributed by atoms with E-state index < -0.39 is 0 Å². The summed E-state index contributed by atoms with van der Waals surface area (Å²) in [4.78, 5) is 20.0. The third kappa shape index (κ3) is 2.91. The normalized spacial score (nSPS) is 10.5. The topological polar surface area (TPSA) is 47.8 Å². The van der Waals surface area contributed by atoms with Crippen LogP contribution >= 0.6 is 11.6 Å². The molecule has 0 radical (unpaired) electrons. The molecule has 0 spiro atoms. The number of halogens is 1. The summed E-state index contributed by atoms with van der Waals surface area (Å²) >= 11 is 5.71. The first-order valence-electron chi connectivity index (χ1n) is 5.28. The van der Waals surface area contributed by atoms with Crippen LogP contribution in [-0.4, -0.2) is 20.3 Å². The Balaban J connectivity index is 1.98. The number of hydrogen-bond acceptors (Lipinski definition) is 3. The Bertz CT molecular complexity index is 519. The van der Waals surface area contributed by atoms with Crippen molar-refractivity contribution in [3.63, 3.8) is 0 Å². The van der Waals surface area contributed by atoms with Gasteiger partial charge in [0.05, 0.1) is 5.02 Å². The average Bonchev–Trinajstić information content (AvgIpc) is 2.73. The van der Waals surface area contributed by atoms with Gasteiger partial charge in [0.25, 0.3) is 0 Å². The van der Waals surface area contributed by atoms with Gasteiger partial charge in [0.1, 0.15) is 11.5 Å². The van der Waals surface area contributed by atoms with E-state index in [4.69, 9.17) is 11.6 Å². The molecule has 0 fully saturated rings. The lowest BCUT2D eigenvalue weighted by Gasteiger charge is -2.01. The van der Waals surface area contributed by atoms with E-state index >= 15 is 0 Å². The molecule has 2 aromatic rings. The second-order valence-corrected chi connectivity index (χ2v) is 4.18. The lowest BCUT2D eigenvalue weighted by molar-refractivity contribution is 0.0977. The Hall–Kier alpha value is -1.68. The van der Waals surface area contributed by atoms with Crippen LogP contribution in [0.5, 0.6) is 0 Å². The number of ketones is 1. The molecular weight excluding hydrogens is 238 g/mol. The van der Waals surface area contributed by atoms with Gasteiger partial charge in [-0.1, -0.05) is 11.6 Å². The van der Waals surface area contributed by atoms with Crippen molar-refractivity contribution >= 4 is 17.4 Å². The van der Waals surface area contributed by atoms with Gasteiger partial charge in [-0.15, -0.1) is 0 Å². The third-order valence-electron chi connectivity index (χ3n) is 2.51. The summed E-state index contributed by atoms with van der Waals surface area (Å²) in [5.74, 6) is 0.900. The maximum atomic E-state index is 11.8. The number of imidazole rings is 1. The average molecular weight is 250 g/mol. The van der Waals surface area contributed by atoms with Crippen LogP contribution in [0.3, 0.4) is 0 Å². The zero-order valence-electron chi connectivity index (χ0n) is 9.43. The van der Waals surface area contributed by atoms with Crippen molar-refractivity contribution in [1.82, 2.24) is 14.5 Å². The Kier molecular flexibility index (Phi) is 3.54. The van der Waals surface area contributed by atoms with Crippen LogP contribution in [0.15, 0.2) is 30.7 Å². The van der Waals surface area contributed by atoms with Crippen molar-refractivity contribution in [3.05, 3.63) is 47.3 Å². The molecule has 0 aromatic carbocycles. The van der Waals surface area contributed by atoms with Crippen LogP contribution in [0.1, 0.15) is 22.7 Å². The van der Waals surface area contributed by atoms with Gasteiger partial charge < -0.3 is 4.57 Å². The summed E-state index contributed by atoms with van der Waals surface area (Å²) in [5.41, 5.74) is 0.448. The molecule has 0 bridgehead atoms. The van der Waals surface area contributed by atoms with Crippen molar-refractivity contribution in [2.24, 2.45) is 7.05 Å². The van der Waals surface area contributed by atoms with E-state index in [9.17, 15) is 4.79 Å². The molecule has 2 rings (SSSR count). The number of carbonyl (C=O) groups excluding carboxylic acids is 1. The Morgan fingerprint density at radius 3 is 2.82 bits per heavy atom. The zero-order valence-corrected chi connectivity index (χ0v) is 10.2. The van der Waals surface area contributed by atoms with Gasteiger partial charge in [0.2, 0.25) is 0 Å². The van der Waals surface area contributed by atoms with Crippen molar-refractivity contribution < 1.29 is 4.79 Å². The summed E-state index contributed by atoms with van der Waals surface area (Å²) in [6.07, 6.45) is 6.09. The van der Waals surface area contributed by atoms with Crippen molar-refractivity contribution in [1.29, 1.82) is 0 Å². The van der Waals surface area contributed by atoms with Gasteiger partial charge in [0.15, 0.2) is 5.78 Å². The predicted octanol–water partition coefficient (Wildman–Crippen LogP) is 2.28. The molecule has 0 unspecified atom stereocenters. The molecule has 2 heterocycles. The summed E-state index contributed by atoms with van der Waals surface area (Å²) in [6.45, 7) is 0. The first kappa shape index (κ1) is 11.8. The van der Waals surface area contributed by atoms with Crippen LogP contribution in [0, 0.1) is 0 Å². The molecule has 0 aliphatic rings. The number of Topliss-reactive ketones (excluding diaryl/α,β-unsaturated/α-hetero) is 1. The van der Waals surface area contributed by atoms with Crippen LogP contribution in [0.25, 0.3) is 0 Å². The first-order chi connectivity index (χ1) is 8.16. The number of hydrogen-bond donors (Lipinski definition) is 0. The second kappa shape index (κ2) is 5.10. The molecule has 2 aromatic heterocycles. The quantitative estimate of drug-likeness (QED) is 0.781. The molecule has 0 saturated carbocycles. The second-order valence-electron chi connectivity index (χ2n) is 3.74. The summed E-state index contributed by atoms with van der Waals surface area (Å²) in [7, 11) is 1.91. The van der Waals surface area contributed by atoms with E-state index in [1.54, 1.807) is 18.3 Å². The van der Waals surface area contributed by atoms with E-state index in [-0.39, 0.29) is 5.78 Å². The highest BCUT2D eigenvalue weighted by Gasteiger charge is 2.09. The third-order valence-corrected chi connectivity index (χ3v) is 2.73. The predicted molar refractivity (Wildman–Crippen MR) is 65.1 cm³/mol. The molecule has 0 amide bonds. The minimum Gasteiger partial charge on any atom is -0.338 e. The molecule has 0 aliphatic heterocycles.